The SMILES string of the molecule is Fc1cc(Br)ccc1CC1CCc2ccc3c(ccc4ccccc43)c2C1.O=c1[nH]c(=O)c2ccccc2[nH]1. The minimum atomic E-state index is -0.473. The van der Waals surface area contributed by atoms with Crippen molar-refractivity contribution >= 4 is 48.4 Å². The molecule has 0 bridgehead atoms. The summed E-state index contributed by atoms with van der Waals surface area (Å²) in [5.41, 5.74) is 3.49. The molecular weight excluding hydrogens is 555 g/mol. The zero-order chi connectivity index (χ0) is 26.9. The molecule has 4 nitrogen and oxygen atoms in total. The molecule has 1 heterocycles. The summed E-state index contributed by atoms with van der Waals surface area (Å²) in [7, 11) is 0. The Labute approximate surface area is 232 Å². The van der Waals surface area contributed by atoms with Gasteiger partial charge in [-0.15, -0.1) is 0 Å². The first-order valence-electron chi connectivity index (χ1n) is 13.0. The van der Waals surface area contributed by atoms with Gasteiger partial charge in [0.25, 0.3) is 5.56 Å². The van der Waals surface area contributed by atoms with Crippen LogP contribution >= 0.6 is 15.9 Å². The highest BCUT2D eigenvalue weighted by atomic mass is 79.9. The average Bonchev–Trinajstić information content (AvgIpc) is 2.94. The minimum absolute atomic E-state index is 0.0981. The standard InChI is InChI=1S/C25H20BrF.C8H6N2O2/c26-20-10-7-19(25(27)15-20)13-16-5-6-18-9-11-22-21-4-2-1-3-17(21)8-12-23(22)24(18)14-16;11-7-5-3-1-2-4-6(5)9-8(12)10-7/h1-4,7-12,15-16H,5-6,13-14H2;1-4H,(H2,9,10,11,12). The number of para-hydroxylation sites is 1. The molecule has 1 aliphatic carbocycles. The second-order valence-electron chi connectivity index (χ2n) is 10.1. The van der Waals surface area contributed by atoms with Crippen LogP contribution in [0.25, 0.3) is 32.4 Å². The third-order valence-corrected chi connectivity index (χ3v) is 8.11. The van der Waals surface area contributed by atoms with Gasteiger partial charge in [-0.1, -0.05) is 82.7 Å². The molecule has 6 aromatic rings. The molecule has 6 heteroatoms. The maximum Gasteiger partial charge on any atom is 0.326 e. The Kier molecular flexibility index (Phi) is 6.88. The molecular formula is C33H26BrFN2O2. The van der Waals surface area contributed by atoms with E-state index in [9.17, 15) is 14.0 Å². The number of nitrogens with one attached hydrogen (secondary N) is 2. The lowest BCUT2D eigenvalue weighted by atomic mass is 9.78. The summed E-state index contributed by atoms with van der Waals surface area (Å²) >= 11 is 3.35. The molecule has 194 valence electrons. The fraction of sp³-hybridized carbons (Fsp3) is 0.152. The summed E-state index contributed by atoms with van der Waals surface area (Å²) in [4.78, 5) is 26.6. The Balaban J connectivity index is 0.000000193. The van der Waals surface area contributed by atoms with Crippen molar-refractivity contribution in [3.05, 3.63) is 139 Å². The van der Waals surface area contributed by atoms with E-state index >= 15 is 0 Å². The fourth-order valence-electron chi connectivity index (χ4n) is 5.71. The van der Waals surface area contributed by atoms with Gasteiger partial charge in [-0.25, -0.2) is 9.18 Å². The van der Waals surface area contributed by atoms with Crippen LogP contribution in [0.15, 0.2) is 105 Å². The Morgan fingerprint density at radius 3 is 2.41 bits per heavy atom. The lowest BCUT2D eigenvalue weighted by Gasteiger charge is -2.26. The zero-order valence-electron chi connectivity index (χ0n) is 21.1. The molecule has 1 atom stereocenters. The highest BCUT2D eigenvalue weighted by molar-refractivity contribution is 9.10. The van der Waals surface area contributed by atoms with E-state index < -0.39 is 5.69 Å². The minimum Gasteiger partial charge on any atom is -0.307 e. The van der Waals surface area contributed by atoms with Crippen LogP contribution < -0.4 is 11.2 Å². The maximum absolute atomic E-state index is 14.3. The summed E-state index contributed by atoms with van der Waals surface area (Å²) in [5, 5.41) is 5.81. The van der Waals surface area contributed by atoms with Gasteiger partial charge < -0.3 is 4.98 Å². The average molecular weight is 581 g/mol. The van der Waals surface area contributed by atoms with Crippen molar-refractivity contribution < 1.29 is 4.39 Å². The van der Waals surface area contributed by atoms with E-state index in [-0.39, 0.29) is 11.4 Å². The van der Waals surface area contributed by atoms with E-state index in [1.54, 1.807) is 30.3 Å². The second kappa shape index (κ2) is 10.6. The lowest BCUT2D eigenvalue weighted by Crippen LogP contribution is -2.21. The van der Waals surface area contributed by atoms with Crippen molar-refractivity contribution in [2.45, 2.75) is 25.7 Å². The number of rotatable bonds is 2. The van der Waals surface area contributed by atoms with Crippen LogP contribution in [0, 0.1) is 11.7 Å². The summed E-state index contributed by atoms with van der Waals surface area (Å²) < 4.78 is 15.1. The number of aromatic nitrogens is 2. The molecule has 0 radical (unpaired) electrons. The molecule has 0 amide bonds. The highest BCUT2D eigenvalue weighted by Gasteiger charge is 2.22. The van der Waals surface area contributed by atoms with Crippen LogP contribution in [0.5, 0.6) is 0 Å². The molecule has 39 heavy (non-hydrogen) atoms. The van der Waals surface area contributed by atoms with Gasteiger partial charge in [-0.05, 0) is 94.1 Å². The second-order valence-corrected chi connectivity index (χ2v) is 11.0. The zero-order valence-corrected chi connectivity index (χ0v) is 22.7. The smallest absolute Gasteiger partial charge is 0.307 e. The summed E-state index contributed by atoms with van der Waals surface area (Å²) in [6.07, 6.45) is 4.05. The molecule has 1 aromatic heterocycles. The number of fused-ring (bicyclic) bond motifs is 6. The van der Waals surface area contributed by atoms with Crippen molar-refractivity contribution in [2.24, 2.45) is 5.92 Å². The predicted molar refractivity (Wildman–Crippen MR) is 160 cm³/mol. The first-order chi connectivity index (χ1) is 19.0. The highest BCUT2D eigenvalue weighted by Crippen LogP contribution is 2.36. The van der Waals surface area contributed by atoms with Gasteiger partial charge in [-0.2, -0.15) is 0 Å². The van der Waals surface area contributed by atoms with Gasteiger partial charge in [0.1, 0.15) is 5.82 Å². The van der Waals surface area contributed by atoms with Crippen molar-refractivity contribution in [1.29, 1.82) is 0 Å². The molecule has 1 unspecified atom stereocenters. The van der Waals surface area contributed by atoms with Crippen molar-refractivity contribution in [3.8, 4) is 0 Å². The van der Waals surface area contributed by atoms with E-state index in [0.29, 0.717) is 16.8 Å². The Morgan fingerprint density at radius 2 is 1.56 bits per heavy atom. The van der Waals surface area contributed by atoms with Crippen LogP contribution in [0.2, 0.25) is 0 Å². The normalized spacial score (nSPS) is 14.7. The molecule has 0 saturated heterocycles. The van der Waals surface area contributed by atoms with Gasteiger partial charge in [0.05, 0.1) is 10.9 Å². The number of hydrogen-bond acceptors (Lipinski definition) is 2. The van der Waals surface area contributed by atoms with Gasteiger partial charge in [-0.3, -0.25) is 9.78 Å². The van der Waals surface area contributed by atoms with Gasteiger partial charge in [0.15, 0.2) is 0 Å². The van der Waals surface area contributed by atoms with Crippen LogP contribution in [0.4, 0.5) is 4.39 Å². The quantitative estimate of drug-likeness (QED) is 0.209. The van der Waals surface area contributed by atoms with E-state index in [1.165, 1.54) is 32.7 Å². The van der Waals surface area contributed by atoms with Crippen LogP contribution in [-0.4, -0.2) is 9.97 Å². The maximum atomic E-state index is 14.3. The summed E-state index contributed by atoms with van der Waals surface area (Å²) in [6.45, 7) is 0. The number of H-pyrrole nitrogens is 2. The van der Waals surface area contributed by atoms with E-state index in [2.05, 4.69) is 74.4 Å². The van der Waals surface area contributed by atoms with Gasteiger partial charge in [0.2, 0.25) is 0 Å². The molecule has 0 saturated carbocycles. The molecule has 2 N–H and O–H groups in total. The van der Waals surface area contributed by atoms with Crippen LogP contribution in [0.1, 0.15) is 23.1 Å². The number of benzene rings is 5. The monoisotopic (exact) mass is 580 g/mol. The number of hydrogen-bond donors (Lipinski definition) is 2. The molecule has 0 spiro atoms. The van der Waals surface area contributed by atoms with E-state index in [4.69, 9.17) is 0 Å². The molecule has 7 rings (SSSR count). The summed E-state index contributed by atoms with van der Waals surface area (Å²) in [5.74, 6) is 0.393. The lowest BCUT2D eigenvalue weighted by molar-refractivity contribution is 0.448. The Hall–Kier alpha value is -4.03. The van der Waals surface area contributed by atoms with Gasteiger partial charge >= 0.3 is 5.69 Å². The molecule has 0 aliphatic heterocycles. The molecule has 5 aromatic carbocycles. The third-order valence-electron chi connectivity index (χ3n) is 7.62. The molecule has 1 aliphatic rings. The summed E-state index contributed by atoms with van der Waals surface area (Å²) in [6, 6.07) is 30.0. The largest absolute Gasteiger partial charge is 0.326 e. The Morgan fingerprint density at radius 1 is 0.795 bits per heavy atom. The number of aryl methyl sites for hydroxylation is 1. The first-order valence-corrected chi connectivity index (χ1v) is 13.8. The van der Waals surface area contributed by atoms with Crippen LogP contribution in [0.3, 0.4) is 0 Å². The third kappa shape index (κ3) is 5.17. The van der Waals surface area contributed by atoms with Crippen LogP contribution in [-0.2, 0) is 19.3 Å². The molecule has 0 fully saturated rings. The fourth-order valence-corrected chi connectivity index (χ4v) is 6.04. The first kappa shape index (κ1) is 25.3. The van der Waals surface area contributed by atoms with Gasteiger partial charge in [0, 0.05) is 4.47 Å². The van der Waals surface area contributed by atoms with Crippen molar-refractivity contribution in [1.82, 2.24) is 9.97 Å². The predicted octanol–water partition coefficient (Wildman–Crippen LogP) is 7.46. The van der Waals surface area contributed by atoms with Crippen molar-refractivity contribution in [3.63, 3.8) is 0 Å². The van der Waals surface area contributed by atoms with E-state index in [1.807, 2.05) is 12.1 Å². The number of aromatic amines is 2. The number of halogens is 2. The Bertz CT molecular complexity index is 1960. The van der Waals surface area contributed by atoms with E-state index in [0.717, 1.165) is 35.7 Å². The topological polar surface area (TPSA) is 65.7 Å². The van der Waals surface area contributed by atoms with Crippen molar-refractivity contribution in [2.75, 3.05) is 0 Å².